The Hall–Kier alpha value is -11.3. The van der Waals surface area contributed by atoms with E-state index in [1.807, 2.05) is 111 Å². The van der Waals surface area contributed by atoms with Gasteiger partial charge in [0, 0.05) is 103 Å². The van der Waals surface area contributed by atoms with Gasteiger partial charge in [0.05, 0.1) is 40.8 Å². The Balaban J connectivity index is 0.000000184. The smallest absolute Gasteiger partial charge is 0.306 e. The molecule has 10 aromatic rings. The van der Waals surface area contributed by atoms with Crippen molar-refractivity contribution < 1.29 is 33.5 Å². The third-order valence-electron chi connectivity index (χ3n) is 15.5. The molecule has 4 N–H and O–H groups in total. The number of ether oxygens (including phenoxy) is 1. The van der Waals surface area contributed by atoms with Crippen LogP contribution in [-0.2, 0) is 23.9 Å². The van der Waals surface area contributed by atoms with Crippen molar-refractivity contribution in [2.75, 3.05) is 13.1 Å². The molecule has 89 heavy (non-hydrogen) atoms. The largest absolute Gasteiger partial charge is 0.452 e. The van der Waals surface area contributed by atoms with Crippen molar-refractivity contribution in [2.24, 2.45) is 5.92 Å². The summed E-state index contributed by atoms with van der Waals surface area (Å²) < 4.78 is 11.3. The molecule has 0 spiro atoms. The molecule has 6 aromatic heterocycles. The summed E-state index contributed by atoms with van der Waals surface area (Å²) in [5.74, 6) is 10.4. The first-order chi connectivity index (χ1) is 43.1. The van der Waals surface area contributed by atoms with E-state index in [1.54, 1.807) is 81.1 Å². The van der Waals surface area contributed by atoms with Crippen LogP contribution in [-0.4, -0.2) is 92.9 Å². The van der Waals surface area contributed by atoms with Crippen molar-refractivity contribution in [3.8, 4) is 35.1 Å². The molecule has 0 radical (unpaired) electrons. The summed E-state index contributed by atoms with van der Waals surface area (Å²) in [5, 5.41) is 22.6. The van der Waals surface area contributed by atoms with Gasteiger partial charge in [0.25, 0.3) is 28.8 Å². The molecule has 21 heteroatoms. The molecule has 4 aromatic carbocycles. The number of pyridine rings is 2. The van der Waals surface area contributed by atoms with E-state index in [0.717, 1.165) is 0 Å². The molecular weight excluding hydrogens is 1130 g/mol. The van der Waals surface area contributed by atoms with Gasteiger partial charge in [-0.1, -0.05) is 84.3 Å². The maximum absolute atomic E-state index is 14.2. The molecule has 0 bridgehead atoms. The molecular formula is C68H60N12O9. The van der Waals surface area contributed by atoms with Crippen molar-refractivity contribution >= 4 is 68.2 Å². The molecule has 2 fully saturated rings. The van der Waals surface area contributed by atoms with Gasteiger partial charge in [-0.25, -0.2) is 19.0 Å². The molecule has 446 valence electrons. The monoisotopic (exact) mass is 1190 g/mol. The Morgan fingerprint density at radius 3 is 1.61 bits per heavy atom. The first-order valence-electron chi connectivity index (χ1n) is 29.1. The van der Waals surface area contributed by atoms with E-state index in [-0.39, 0.29) is 78.3 Å². The van der Waals surface area contributed by atoms with E-state index < -0.39 is 18.2 Å². The van der Waals surface area contributed by atoms with Gasteiger partial charge in [-0.15, -0.1) is 0 Å². The van der Waals surface area contributed by atoms with Gasteiger partial charge >= 0.3 is 5.97 Å². The third kappa shape index (κ3) is 12.7. The number of hydrogen-bond acceptors (Lipinski definition) is 13. The lowest BCUT2D eigenvalue weighted by Gasteiger charge is -2.21. The minimum Gasteiger partial charge on any atom is -0.452 e. The van der Waals surface area contributed by atoms with E-state index in [1.165, 1.54) is 0 Å². The maximum atomic E-state index is 14.2. The number of aromatic nitrogens is 8. The molecule has 21 nitrogen and oxygen atoms in total. The summed E-state index contributed by atoms with van der Waals surface area (Å²) in [6, 6.07) is 35.5. The van der Waals surface area contributed by atoms with Crippen LogP contribution in [0.2, 0.25) is 0 Å². The third-order valence-corrected chi connectivity index (χ3v) is 15.5. The first kappa shape index (κ1) is 59.4. The normalized spacial score (nSPS) is 15.0. The minimum atomic E-state index is -0.748. The molecule has 2 aliphatic rings. The van der Waals surface area contributed by atoms with Gasteiger partial charge in [0.2, 0.25) is 5.91 Å². The lowest BCUT2D eigenvalue weighted by Crippen LogP contribution is -2.34. The quantitative estimate of drug-likeness (QED) is 0.0512. The summed E-state index contributed by atoms with van der Waals surface area (Å²) in [6.45, 7) is 7.56. The number of esters is 1. The zero-order chi connectivity index (χ0) is 62.3. The average molecular weight is 1190 g/mol. The van der Waals surface area contributed by atoms with E-state index in [2.05, 4.69) is 65.1 Å². The van der Waals surface area contributed by atoms with Crippen molar-refractivity contribution in [2.45, 2.75) is 84.4 Å². The van der Waals surface area contributed by atoms with Crippen LogP contribution >= 0.6 is 0 Å². The number of Topliss-reactive ketones (excluding diaryl/α,β-unsaturated/α-hetero) is 1. The SMILES string of the molecule is Cc1nn2cccnc2c1C(=O)N[C@@H](C)c1cc2cccc(C#CCCNC(=O)[C@H]3CCC(=O)O3)c2c(=O)n1-c1ccccc1.Cc1nn2cccnc2c1C(=O)N[C@@H](C)c1cc2cccc(C#CCNC(=O)C3CCC(=O)C3)c2c(=O)n1-c1ccccc1. The first-order valence-corrected chi connectivity index (χ1v) is 29.1. The molecule has 1 saturated heterocycles. The van der Waals surface area contributed by atoms with Crippen LogP contribution in [0, 0.1) is 43.4 Å². The number of benzene rings is 4. The number of hydrogen-bond donors (Lipinski definition) is 4. The summed E-state index contributed by atoms with van der Waals surface area (Å²) in [7, 11) is 0. The Bertz CT molecular complexity index is 4720. The zero-order valence-corrected chi connectivity index (χ0v) is 49.1. The molecule has 4 atom stereocenters. The summed E-state index contributed by atoms with van der Waals surface area (Å²) in [6.07, 6.45) is 8.18. The number of carbonyl (C=O) groups is 6. The highest BCUT2D eigenvalue weighted by molar-refractivity contribution is 6.02. The van der Waals surface area contributed by atoms with Crippen LogP contribution in [0.3, 0.4) is 0 Å². The minimum absolute atomic E-state index is 0.103. The van der Waals surface area contributed by atoms with Crippen LogP contribution in [0.25, 0.3) is 44.2 Å². The summed E-state index contributed by atoms with van der Waals surface area (Å²) >= 11 is 0. The van der Waals surface area contributed by atoms with E-state index in [4.69, 9.17) is 4.74 Å². The molecule has 1 unspecified atom stereocenters. The van der Waals surface area contributed by atoms with Gasteiger partial charge < -0.3 is 26.0 Å². The van der Waals surface area contributed by atoms with Crippen LogP contribution in [0.5, 0.6) is 0 Å². The zero-order valence-electron chi connectivity index (χ0n) is 49.1. The number of nitrogens with one attached hydrogen (secondary N) is 4. The van der Waals surface area contributed by atoms with Crippen LogP contribution in [0.1, 0.15) is 119 Å². The van der Waals surface area contributed by atoms with E-state index in [0.29, 0.717) is 115 Å². The van der Waals surface area contributed by atoms with Gasteiger partial charge in [0.15, 0.2) is 17.4 Å². The lowest BCUT2D eigenvalue weighted by atomic mass is 10.0. The van der Waals surface area contributed by atoms with Crippen molar-refractivity contribution in [3.05, 3.63) is 212 Å². The lowest BCUT2D eigenvalue weighted by molar-refractivity contribution is -0.148. The number of carbonyl (C=O) groups excluding carboxylic acids is 6. The maximum Gasteiger partial charge on any atom is 0.306 e. The van der Waals surface area contributed by atoms with E-state index >= 15 is 0 Å². The molecule has 1 saturated carbocycles. The number of nitrogens with zero attached hydrogens (tertiary/aromatic N) is 8. The number of rotatable bonds is 13. The Kier molecular flexibility index (Phi) is 17.4. The summed E-state index contributed by atoms with van der Waals surface area (Å²) in [5.41, 5.74) is 5.72. The standard InChI is InChI=1S/C34H30N6O5.C34H30N6O4/c1-21(37-33(43)29-22(2)38-39-19-9-18-35-31(29)39)26-20-24-12-8-11-23(30(24)34(44)40(26)25-13-4-3-5-14-25)10-6-7-17-36-32(42)27-15-16-28(41)45-27;1-21(37-33(43)29-22(2)38-39-18-8-17-35-31(29)39)28-20-24-10-6-9-23(11-7-16-36-32(42)25-14-15-27(41)19-25)30(24)34(44)40(28)26-12-4-3-5-13-26/h3-5,8-9,11-14,18-21,27H,7,15-17H2,1-2H3,(H,36,42)(H,37,43);3-6,8-10,12-13,17-18,20-21,25H,14-16,19H2,1-2H3,(H,36,42)(H,37,43)/t21-,27+;21-,25?/m00/s1. The highest BCUT2D eigenvalue weighted by Gasteiger charge is 2.31. The number of aryl methyl sites for hydroxylation is 2. The average Bonchev–Trinajstić information content (AvgIpc) is 1.63. The fourth-order valence-electron chi connectivity index (χ4n) is 11.2. The fraction of sp³-hybridized carbons (Fsp3) is 0.235. The number of ketones is 1. The van der Waals surface area contributed by atoms with E-state index in [9.17, 15) is 38.4 Å². The Morgan fingerprint density at radius 1 is 0.607 bits per heavy atom. The number of cyclic esters (lactones) is 1. The Morgan fingerprint density at radius 2 is 1.12 bits per heavy atom. The number of amides is 4. The predicted molar refractivity (Wildman–Crippen MR) is 332 cm³/mol. The van der Waals surface area contributed by atoms with Crippen LogP contribution < -0.4 is 32.4 Å². The summed E-state index contributed by atoms with van der Waals surface area (Å²) in [4.78, 5) is 112. The van der Waals surface area contributed by atoms with Crippen LogP contribution in [0.15, 0.2) is 156 Å². The highest BCUT2D eigenvalue weighted by Crippen LogP contribution is 2.27. The van der Waals surface area contributed by atoms with Gasteiger partial charge in [-0.05, 0) is 106 Å². The second kappa shape index (κ2) is 26.1. The number of para-hydroxylation sites is 2. The predicted octanol–water partition coefficient (Wildman–Crippen LogP) is 7.07. The molecule has 4 amide bonds. The second-order valence-electron chi connectivity index (χ2n) is 21.6. The Labute approximate surface area is 509 Å². The topological polar surface area (TPSA) is 264 Å². The fourth-order valence-corrected chi connectivity index (χ4v) is 11.2. The highest BCUT2D eigenvalue weighted by atomic mass is 16.6. The van der Waals surface area contributed by atoms with Crippen molar-refractivity contribution in [1.82, 2.24) is 59.6 Å². The van der Waals surface area contributed by atoms with Crippen molar-refractivity contribution in [1.29, 1.82) is 0 Å². The van der Waals surface area contributed by atoms with Gasteiger partial charge in [0.1, 0.15) is 16.9 Å². The molecule has 7 heterocycles. The van der Waals surface area contributed by atoms with Crippen molar-refractivity contribution in [3.63, 3.8) is 0 Å². The van der Waals surface area contributed by atoms with Gasteiger partial charge in [-0.3, -0.25) is 47.5 Å². The number of fused-ring (bicyclic) bond motifs is 4. The molecule has 1 aliphatic carbocycles. The van der Waals surface area contributed by atoms with Gasteiger partial charge in [-0.2, -0.15) is 10.2 Å². The second-order valence-corrected chi connectivity index (χ2v) is 21.6. The molecule has 1 aliphatic heterocycles. The van der Waals surface area contributed by atoms with Crippen LogP contribution in [0.4, 0.5) is 0 Å². The molecule has 12 rings (SSSR count).